The van der Waals surface area contributed by atoms with E-state index in [1.165, 1.54) is 33.4 Å². The van der Waals surface area contributed by atoms with Gasteiger partial charge in [0, 0.05) is 6.42 Å². The first-order valence-electron chi connectivity index (χ1n) is 5.98. The molecule has 0 heteroatoms. The first-order valence-corrected chi connectivity index (χ1v) is 5.98. The highest BCUT2D eigenvalue weighted by molar-refractivity contribution is 5.84. The molecule has 0 fully saturated rings. The Kier molecular flexibility index (Phi) is 2.36. The Morgan fingerprint density at radius 3 is 2.29 bits per heavy atom. The molecule has 0 aromatic heterocycles. The van der Waals surface area contributed by atoms with Gasteiger partial charge in [-0.1, -0.05) is 48.6 Å². The molecule has 0 nitrogen and oxygen atoms in total. The van der Waals surface area contributed by atoms with Gasteiger partial charge in [0.15, 0.2) is 0 Å². The number of rotatable bonds is 1. The molecule has 0 bridgehead atoms. The fraction of sp³-hybridized carbons (Fsp3) is 0.118. The largest absolute Gasteiger partial charge is 0.0754 e. The van der Waals surface area contributed by atoms with Crippen molar-refractivity contribution in [2.45, 2.75) is 13.8 Å². The standard InChI is InChI=1S/C17H15/c1-12-6-3-7-13(2)17(12)16-11-5-9-14-8-4-10-15(14)16/h3-11H,1-2H3. The zero-order valence-electron chi connectivity index (χ0n) is 10.2. The third-order valence-corrected chi connectivity index (χ3v) is 3.43. The Balaban J connectivity index is 2.30. The summed E-state index contributed by atoms with van der Waals surface area (Å²) in [6, 6.07) is 13.0. The molecule has 83 valence electrons. The molecule has 0 atom stereocenters. The zero-order chi connectivity index (χ0) is 11.8. The lowest BCUT2D eigenvalue weighted by Crippen LogP contribution is -1.91. The van der Waals surface area contributed by atoms with Crippen molar-refractivity contribution in [2.24, 2.45) is 0 Å². The molecule has 0 unspecified atom stereocenters. The predicted octanol–water partition coefficient (Wildman–Crippen LogP) is 4.55. The molecule has 2 aromatic rings. The number of allylic oxidation sites excluding steroid dienone is 1. The highest BCUT2D eigenvalue weighted by atomic mass is 14.2. The first kappa shape index (κ1) is 10.3. The van der Waals surface area contributed by atoms with Crippen LogP contribution in [0.5, 0.6) is 0 Å². The summed E-state index contributed by atoms with van der Waals surface area (Å²) in [5.41, 5.74) is 8.10. The van der Waals surface area contributed by atoms with Gasteiger partial charge in [-0.15, -0.1) is 0 Å². The van der Waals surface area contributed by atoms with E-state index in [4.69, 9.17) is 0 Å². The van der Waals surface area contributed by atoms with Crippen molar-refractivity contribution in [1.82, 2.24) is 0 Å². The third-order valence-electron chi connectivity index (χ3n) is 3.43. The van der Waals surface area contributed by atoms with Gasteiger partial charge in [0.2, 0.25) is 0 Å². The van der Waals surface area contributed by atoms with Crippen molar-refractivity contribution in [3.63, 3.8) is 0 Å². The maximum Gasteiger partial charge on any atom is 0.0131 e. The predicted molar refractivity (Wildman–Crippen MR) is 73.8 cm³/mol. The van der Waals surface area contributed by atoms with Crippen LogP contribution < -0.4 is 0 Å². The molecule has 1 radical (unpaired) electrons. The van der Waals surface area contributed by atoms with E-state index >= 15 is 0 Å². The second kappa shape index (κ2) is 3.89. The molecule has 2 aromatic carbocycles. The van der Waals surface area contributed by atoms with Crippen LogP contribution in [-0.4, -0.2) is 0 Å². The maximum absolute atomic E-state index is 2.22. The number of fused-ring (bicyclic) bond motifs is 1. The molecule has 1 aliphatic rings. The quantitative estimate of drug-likeness (QED) is 0.660. The fourth-order valence-electron chi connectivity index (χ4n) is 2.62. The summed E-state index contributed by atoms with van der Waals surface area (Å²) in [6.07, 6.45) is 6.50. The van der Waals surface area contributed by atoms with Gasteiger partial charge >= 0.3 is 0 Å². The van der Waals surface area contributed by atoms with Crippen LogP contribution in [0, 0.1) is 20.3 Å². The van der Waals surface area contributed by atoms with Crippen LogP contribution in [0.4, 0.5) is 0 Å². The van der Waals surface area contributed by atoms with E-state index in [0.29, 0.717) is 0 Å². The Bertz CT molecular complexity index is 583. The summed E-state index contributed by atoms with van der Waals surface area (Å²) in [5, 5.41) is 0. The van der Waals surface area contributed by atoms with Crippen LogP contribution in [0.2, 0.25) is 0 Å². The minimum atomic E-state index is 1.32. The van der Waals surface area contributed by atoms with Crippen molar-refractivity contribution >= 4 is 6.08 Å². The summed E-state index contributed by atoms with van der Waals surface area (Å²) in [5.74, 6) is 0. The average Bonchev–Trinajstić information content (AvgIpc) is 2.77. The summed E-state index contributed by atoms with van der Waals surface area (Å²) >= 11 is 0. The lowest BCUT2D eigenvalue weighted by atomic mass is 9.91. The second-order valence-electron chi connectivity index (χ2n) is 4.60. The van der Waals surface area contributed by atoms with Crippen molar-refractivity contribution in [2.75, 3.05) is 0 Å². The molecule has 0 aliphatic heterocycles. The van der Waals surface area contributed by atoms with E-state index in [0.717, 1.165) is 0 Å². The summed E-state index contributed by atoms with van der Waals surface area (Å²) < 4.78 is 0. The van der Waals surface area contributed by atoms with E-state index in [9.17, 15) is 0 Å². The minimum absolute atomic E-state index is 1.32. The monoisotopic (exact) mass is 219 g/mol. The lowest BCUT2D eigenvalue weighted by Gasteiger charge is -2.13. The van der Waals surface area contributed by atoms with Crippen LogP contribution in [0.3, 0.4) is 0 Å². The van der Waals surface area contributed by atoms with Crippen LogP contribution in [0.25, 0.3) is 17.2 Å². The summed E-state index contributed by atoms with van der Waals surface area (Å²) in [4.78, 5) is 0. The molecule has 3 rings (SSSR count). The minimum Gasteiger partial charge on any atom is -0.0754 e. The highest BCUT2D eigenvalue weighted by Crippen LogP contribution is 2.35. The molecule has 0 saturated carbocycles. The number of hydrogen-bond donors (Lipinski definition) is 0. The topological polar surface area (TPSA) is 0 Å². The van der Waals surface area contributed by atoms with Gasteiger partial charge in [0.1, 0.15) is 0 Å². The molecular weight excluding hydrogens is 204 g/mol. The molecule has 17 heavy (non-hydrogen) atoms. The zero-order valence-corrected chi connectivity index (χ0v) is 10.2. The van der Waals surface area contributed by atoms with Crippen molar-refractivity contribution in [3.05, 3.63) is 71.1 Å². The molecule has 0 spiro atoms. The summed E-state index contributed by atoms with van der Waals surface area (Å²) in [7, 11) is 0. The average molecular weight is 219 g/mol. The van der Waals surface area contributed by atoms with E-state index in [-0.39, 0.29) is 0 Å². The second-order valence-corrected chi connectivity index (χ2v) is 4.60. The van der Waals surface area contributed by atoms with Crippen molar-refractivity contribution in [3.8, 4) is 11.1 Å². The SMILES string of the molecule is Cc1cccc(C)c1-c1cccc2c1C=C[CH]2. The van der Waals surface area contributed by atoms with Crippen LogP contribution in [0.1, 0.15) is 22.3 Å². The molecule has 0 heterocycles. The molecule has 0 N–H and O–H groups in total. The molecule has 0 saturated heterocycles. The molecule has 1 aliphatic carbocycles. The Morgan fingerprint density at radius 1 is 0.824 bits per heavy atom. The summed E-state index contributed by atoms with van der Waals surface area (Å²) in [6.45, 7) is 4.37. The van der Waals surface area contributed by atoms with Crippen LogP contribution in [0.15, 0.2) is 42.5 Å². The Labute approximate surface area is 103 Å². The normalized spacial score (nSPS) is 12.8. The van der Waals surface area contributed by atoms with Crippen LogP contribution >= 0.6 is 0 Å². The van der Waals surface area contributed by atoms with Gasteiger partial charge in [0.25, 0.3) is 0 Å². The smallest absolute Gasteiger partial charge is 0.0131 e. The maximum atomic E-state index is 2.22. The van der Waals surface area contributed by atoms with Crippen molar-refractivity contribution in [1.29, 1.82) is 0 Å². The number of aryl methyl sites for hydroxylation is 2. The fourth-order valence-corrected chi connectivity index (χ4v) is 2.62. The third kappa shape index (κ3) is 1.61. The van der Waals surface area contributed by atoms with Gasteiger partial charge in [-0.2, -0.15) is 0 Å². The molecular formula is C17H15. The lowest BCUT2D eigenvalue weighted by molar-refractivity contribution is 1.37. The van der Waals surface area contributed by atoms with E-state index in [1.807, 2.05) is 0 Å². The number of hydrogen-bond acceptors (Lipinski definition) is 0. The van der Waals surface area contributed by atoms with Crippen LogP contribution in [-0.2, 0) is 0 Å². The van der Waals surface area contributed by atoms with Crippen molar-refractivity contribution < 1.29 is 0 Å². The van der Waals surface area contributed by atoms with E-state index in [2.05, 4.69) is 68.8 Å². The van der Waals surface area contributed by atoms with E-state index in [1.54, 1.807) is 0 Å². The van der Waals surface area contributed by atoms with Gasteiger partial charge in [-0.3, -0.25) is 0 Å². The van der Waals surface area contributed by atoms with Gasteiger partial charge in [0.05, 0.1) is 0 Å². The first-order chi connectivity index (χ1) is 8.27. The van der Waals surface area contributed by atoms with Gasteiger partial charge in [-0.25, -0.2) is 0 Å². The Morgan fingerprint density at radius 2 is 1.53 bits per heavy atom. The van der Waals surface area contributed by atoms with E-state index < -0.39 is 0 Å². The van der Waals surface area contributed by atoms with Gasteiger partial charge in [-0.05, 0) is 47.2 Å². The van der Waals surface area contributed by atoms with Gasteiger partial charge < -0.3 is 0 Å². The molecule has 0 amide bonds. The Hall–Kier alpha value is -1.82. The number of benzene rings is 2. The highest BCUT2D eigenvalue weighted by Gasteiger charge is 2.13.